The lowest BCUT2D eigenvalue weighted by atomic mass is 10.2. The molecule has 1 N–H and O–H groups in total. The fourth-order valence-corrected chi connectivity index (χ4v) is 2.45. The molecule has 1 aromatic carbocycles. The molecule has 2 rings (SSSR count). The van der Waals surface area contributed by atoms with E-state index in [1.165, 1.54) is 17.5 Å². The van der Waals surface area contributed by atoms with E-state index in [2.05, 4.69) is 17.0 Å². The Morgan fingerprint density at radius 3 is 2.33 bits per heavy atom. The summed E-state index contributed by atoms with van der Waals surface area (Å²) in [5.74, 6) is -0.992. The SMILES string of the molecule is CN(CC(=O)O)C(=O)N1CCN(Cc2ccccc2)CC1. The average molecular weight is 291 g/mol. The first-order valence-electron chi connectivity index (χ1n) is 7.04. The van der Waals surface area contributed by atoms with Gasteiger partial charge in [0.2, 0.25) is 0 Å². The first-order chi connectivity index (χ1) is 10.1. The molecule has 0 atom stereocenters. The number of carbonyl (C=O) groups excluding carboxylic acids is 1. The van der Waals surface area contributed by atoms with Crippen LogP contribution in [0.5, 0.6) is 0 Å². The highest BCUT2D eigenvalue weighted by Gasteiger charge is 2.24. The number of likely N-dealkylation sites (N-methyl/N-ethyl adjacent to an activating group) is 1. The summed E-state index contributed by atoms with van der Waals surface area (Å²) in [6.07, 6.45) is 0. The molecule has 1 fully saturated rings. The van der Waals surface area contributed by atoms with Gasteiger partial charge in [-0.3, -0.25) is 9.69 Å². The van der Waals surface area contributed by atoms with E-state index in [1.54, 1.807) is 4.90 Å². The lowest BCUT2D eigenvalue weighted by Gasteiger charge is -2.36. The summed E-state index contributed by atoms with van der Waals surface area (Å²) in [4.78, 5) is 28.0. The predicted molar refractivity (Wildman–Crippen MR) is 79.0 cm³/mol. The van der Waals surface area contributed by atoms with Crippen LogP contribution in [-0.2, 0) is 11.3 Å². The van der Waals surface area contributed by atoms with Crippen LogP contribution < -0.4 is 0 Å². The Balaban J connectivity index is 1.80. The van der Waals surface area contributed by atoms with Crippen LogP contribution >= 0.6 is 0 Å². The van der Waals surface area contributed by atoms with E-state index in [4.69, 9.17) is 5.11 Å². The number of nitrogens with zero attached hydrogens (tertiary/aromatic N) is 3. The Morgan fingerprint density at radius 1 is 1.14 bits per heavy atom. The number of piperazine rings is 1. The fourth-order valence-electron chi connectivity index (χ4n) is 2.45. The molecule has 2 amide bonds. The molecular weight excluding hydrogens is 270 g/mol. The van der Waals surface area contributed by atoms with Gasteiger partial charge in [0.25, 0.3) is 0 Å². The normalized spacial score (nSPS) is 15.8. The summed E-state index contributed by atoms with van der Waals surface area (Å²) in [6, 6.07) is 10.0. The number of carbonyl (C=O) groups is 2. The molecular formula is C15H21N3O3. The fraction of sp³-hybridized carbons (Fsp3) is 0.467. The maximum atomic E-state index is 12.1. The Bertz CT molecular complexity index is 484. The van der Waals surface area contributed by atoms with Crippen molar-refractivity contribution in [3.63, 3.8) is 0 Å². The number of urea groups is 1. The third kappa shape index (κ3) is 4.46. The second-order valence-corrected chi connectivity index (χ2v) is 5.28. The summed E-state index contributed by atoms with van der Waals surface area (Å²) in [5.41, 5.74) is 1.26. The minimum absolute atomic E-state index is 0.211. The quantitative estimate of drug-likeness (QED) is 0.897. The number of aliphatic carboxylic acids is 1. The van der Waals surface area contributed by atoms with Crippen LogP contribution in [0.3, 0.4) is 0 Å². The Hall–Kier alpha value is -2.08. The molecule has 0 radical (unpaired) electrons. The van der Waals surface area contributed by atoms with Crippen molar-refractivity contribution in [2.75, 3.05) is 39.8 Å². The zero-order valence-electron chi connectivity index (χ0n) is 12.2. The Labute approximate surface area is 124 Å². The molecule has 0 saturated carbocycles. The van der Waals surface area contributed by atoms with Crippen LogP contribution in [0.15, 0.2) is 30.3 Å². The molecule has 0 bridgehead atoms. The van der Waals surface area contributed by atoms with E-state index in [0.717, 1.165) is 19.6 Å². The molecule has 0 aromatic heterocycles. The number of hydrogen-bond donors (Lipinski definition) is 1. The molecule has 21 heavy (non-hydrogen) atoms. The second kappa shape index (κ2) is 7.08. The van der Waals surface area contributed by atoms with E-state index in [-0.39, 0.29) is 12.6 Å². The molecule has 1 aromatic rings. The highest BCUT2D eigenvalue weighted by Crippen LogP contribution is 2.09. The van der Waals surface area contributed by atoms with Crippen LogP contribution in [0, 0.1) is 0 Å². The molecule has 0 aliphatic carbocycles. The van der Waals surface area contributed by atoms with Crippen molar-refractivity contribution in [3.8, 4) is 0 Å². The molecule has 1 aliphatic rings. The van der Waals surface area contributed by atoms with Gasteiger partial charge in [-0.25, -0.2) is 4.79 Å². The van der Waals surface area contributed by atoms with Gasteiger partial charge in [0.05, 0.1) is 0 Å². The number of benzene rings is 1. The van der Waals surface area contributed by atoms with Crippen LogP contribution in [0.2, 0.25) is 0 Å². The van der Waals surface area contributed by atoms with Crippen LogP contribution in [0.4, 0.5) is 4.79 Å². The van der Waals surface area contributed by atoms with Gasteiger partial charge in [0.15, 0.2) is 0 Å². The first-order valence-corrected chi connectivity index (χ1v) is 7.04. The minimum atomic E-state index is -0.992. The maximum Gasteiger partial charge on any atom is 0.323 e. The molecule has 1 heterocycles. The van der Waals surface area contributed by atoms with Crippen molar-refractivity contribution in [3.05, 3.63) is 35.9 Å². The second-order valence-electron chi connectivity index (χ2n) is 5.28. The van der Waals surface area contributed by atoms with Crippen molar-refractivity contribution in [2.45, 2.75) is 6.54 Å². The highest BCUT2D eigenvalue weighted by atomic mass is 16.4. The molecule has 6 nitrogen and oxygen atoms in total. The highest BCUT2D eigenvalue weighted by molar-refractivity contribution is 5.80. The molecule has 6 heteroatoms. The van der Waals surface area contributed by atoms with Gasteiger partial charge in [-0.15, -0.1) is 0 Å². The standard InChI is InChI=1S/C15H21N3O3/c1-16(12-14(19)20)15(21)18-9-7-17(8-10-18)11-13-5-3-2-4-6-13/h2-6H,7-12H2,1H3,(H,19,20). The van der Waals surface area contributed by atoms with E-state index in [1.807, 2.05) is 18.2 Å². The zero-order valence-corrected chi connectivity index (χ0v) is 12.2. The van der Waals surface area contributed by atoms with Crippen molar-refractivity contribution in [1.29, 1.82) is 0 Å². The van der Waals surface area contributed by atoms with Gasteiger partial charge in [0, 0.05) is 39.8 Å². The summed E-state index contributed by atoms with van der Waals surface area (Å²) in [6.45, 7) is 3.51. The number of rotatable bonds is 4. The van der Waals surface area contributed by atoms with Crippen LogP contribution in [-0.4, -0.2) is 71.6 Å². The van der Waals surface area contributed by atoms with Gasteiger partial charge in [-0.05, 0) is 5.56 Å². The Morgan fingerprint density at radius 2 is 1.76 bits per heavy atom. The number of carboxylic acids is 1. The van der Waals surface area contributed by atoms with Crippen molar-refractivity contribution >= 4 is 12.0 Å². The number of carboxylic acid groups (broad SMARTS) is 1. The summed E-state index contributed by atoms with van der Waals surface area (Å²) in [5, 5.41) is 8.72. The Kier molecular flexibility index (Phi) is 5.16. The largest absolute Gasteiger partial charge is 0.480 e. The molecule has 1 saturated heterocycles. The van der Waals surface area contributed by atoms with E-state index in [0.29, 0.717) is 13.1 Å². The van der Waals surface area contributed by atoms with Crippen LogP contribution in [0.1, 0.15) is 5.56 Å². The average Bonchev–Trinajstić information content (AvgIpc) is 2.47. The monoisotopic (exact) mass is 291 g/mol. The van der Waals surface area contributed by atoms with E-state index in [9.17, 15) is 9.59 Å². The van der Waals surface area contributed by atoms with Crippen molar-refractivity contribution in [1.82, 2.24) is 14.7 Å². The van der Waals surface area contributed by atoms with E-state index >= 15 is 0 Å². The predicted octanol–water partition coefficient (Wildman–Crippen LogP) is 0.941. The van der Waals surface area contributed by atoms with Gasteiger partial charge in [-0.1, -0.05) is 30.3 Å². The first kappa shape index (κ1) is 15.3. The third-order valence-corrected chi connectivity index (χ3v) is 3.59. The topological polar surface area (TPSA) is 64.1 Å². The maximum absolute atomic E-state index is 12.1. The molecule has 0 spiro atoms. The summed E-state index contributed by atoms with van der Waals surface area (Å²) >= 11 is 0. The number of hydrogen-bond acceptors (Lipinski definition) is 3. The lowest BCUT2D eigenvalue weighted by molar-refractivity contribution is -0.137. The molecule has 0 unspecified atom stereocenters. The lowest BCUT2D eigenvalue weighted by Crippen LogP contribution is -2.52. The molecule has 114 valence electrons. The molecule has 1 aliphatic heterocycles. The smallest absolute Gasteiger partial charge is 0.323 e. The van der Waals surface area contributed by atoms with Gasteiger partial charge < -0.3 is 14.9 Å². The zero-order chi connectivity index (χ0) is 15.2. The van der Waals surface area contributed by atoms with E-state index < -0.39 is 5.97 Å². The third-order valence-electron chi connectivity index (χ3n) is 3.59. The number of amides is 2. The van der Waals surface area contributed by atoms with Gasteiger partial charge in [0.1, 0.15) is 6.54 Å². The van der Waals surface area contributed by atoms with Crippen molar-refractivity contribution in [2.24, 2.45) is 0 Å². The van der Waals surface area contributed by atoms with Gasteiger partial charge >= 0.3 is 12.0 Å². The minimum Gasteiger partial charge on any atom is -0.480 e. The van der Waals surface area contributed by atoms with Crippen LogP contribution in [0.25, 0.3) is 0 Å². The van der Waals surface area contributed by atoms with Crippen molar-refractivity contribution < 1.29 is 14.7 Å². The van der Waals surface area contributed by atoms with Gasteiger partial charge in [-0.2, -0.15) is 0 Å². The summed E-state index contributed by atoms with van der Waals surface area (Å²) < 4.78 is 0. The summed E-state index contributed by atoms with van der Waals surface area (Å²) in [7, 11) is 1.52.